The zero-order valence-corrected chi connectivity index (χ0v) is 11.1. The van der Waals surface area contributed by atoms with Crippen molar-refractivity contribution in [1.29, 1.82) is 0 Å². The molecule has 0 radical (unpaired) electrons. The van der Waals surface area contributed by atoms with E-state index in [9.17, 15) is 4.39 Å². The van der Waals surface area contributed by atoms with Crippen molar-refractivity contribution in [2.24, 2.45) is 5.16 Å². The van der Waals surface area contributed by atoms with Crippen LogP contribution in [0.5, 0.6) is 0 Å². The molecule has 0 atom stereocenters. The highest BCUT2D eigenvalue weighted by Gasteiger charge is 1.93. The van der Waals surface area contributed by atoms with Gasteiger partial charge in [0.1, 0.15) is 12.4 Å². The molecule has 4 heteroatoms. The van der Waals surface area contributed by atoms with E-state index in [4.69, 9.17) is 4.84 Å². The maximum Gasteiger partial charge on any atom is 0.142 e. The van der Waals surface area contributed by atoms with Crippen molar-refractivity contribution < 1.29 is 9.23 Å². The van der Waals surface area contributed by atoms with Gasteiger partial charge in [-0.2, -0.15) is 0 Å². The molecule has 0 aliphatic carbocycles. The fourth-order valence-electron chi connectivity index (χ4n) is 1.34. The molecule has 0 heterocycles. The Morgan fingerprint density at radius 2 is 1.72 bits per heavy atom. The predicted molar refractivity (Wildman–Crippen MR) is 72.9 cm³/mol. The molecule has 0 saturated carbocycles. The van der Waals surface area contributed by atoms with Gasteiger partial charge in [-0.15, -0.1) is 0 Å². The molecule has 0 bridgehead atoms. The molecule has 0 aliphatic rings. The lowest BCUT2D eigenvalue weighted by Gasteiger charge is -1.99. The quantitative estimate of drug-likeness (QED) is 0.614. The topological polar surface area (TPSA) is 21.6 Å². The lowest BCUT2D eigenvalue weighted by molar-refractivity contribution is 0.132. The lowest BCUT2D eigenvalue weighted by atomic mass is 10.2. The monoisotopic (exact) mass is 307 g/mol. The number of hydrogen-bond donors (Lipinski definition) is 0. The van der Waals surface area contributed by atoms with E-state index in [2.05, 4.69) is 21.1 Å². The Bertz CT molecular complexity index is 522. The number of nitrogens with zero attached hydrogens (tertiary/aromatic N) is 1. The van der Waals surface area contributed by atoms with E-state index in [0.717, 1.165) is 15.6 Å². The first-order chi connectivity index (χ1) is 8.74. The highest BCUT2D eigenvalue weighted by atomic mass is 79.9. The van der Waals surface area contributed by atoms with Crippen LogP contribution in [0, 0.1) is 5.82 Å². The van der Waals surface area contributed by atoms with Crippen molar-refractivity contribution >= 4 is 22.1 Å². The van der Waals surface area contributed by atoms with Gasteiger partial charge < -0.3 is 4.84 Å². The summed E-state index contributed by atoms with van der Waals surface area (Å²) in [6.45, 7) is 0.327. The third-order valence-corrected chi connectivity index (χ3v) is 2.82. The second kappa shape index (κ2) is 6.31. The van der Waals surface area contributed by atoms with E-state index in [-0.39, 0.29) is 5.82 Å². The summed E-state index contributed by atoms with van der Waals surface area (Å²) in [4.78, 5) is 5.13. The first-order valence-electron chi connectivity index (χ1n) is 5.39. The molecule has 92 valence electrons. The zero-order chi connectivity index (χ0) is 12.8. The van der Waals surface area contributed by atoms with Gasteiger partial charge in [0.2, 0.25) is 0 Å². The van der Waals surface area contributed by atoms with Crippen LogP contribution in [0.3, 0.4) is 0 Å². The Hall–Kier alpha value is -1.68. The van der Waals surface area contributed by atoms with Crippen molar-refractivity contribution in [3.8, 4) is 0 Å². The minimum absolute atomic E-state index is 0.253. The van der Waals surface area contributed by atoms with Crippen LogP contribution in [0.2, 0.25) is 0 Å². The minimum Gasteiger partial charge on any atom is -0.391 e. The van der Waals surface area contributed by atoms with Gasteiger partial charge in [0.05, 0.1) is 6.21 Å². The number of benzene rings is 2. The summed E-state index contributed by atoms with van der Waals surface area (Å²) in [6, 6.07) is 13.9. The summed E-state index contributed by atoms with van der Waals surface area (Å²) >= 11 is 3.36. The maximum atomic E-state index is 12.7. The Morgan fingerprint density at radius 3 is 2.39 bits per heavy atom. The number of rotatable bonds is 4. The molecule has 0 N–H and O–H groups in total. The normalized spacial score (nSPS) is 10.8. The molecule has 0 spiro atoms. The number of hydrogen-bond acceptors (Lipinski definition) is 2. The van der Waals surface area contributed by atoms with E-state index in [1.54, 1.807) is 18.3 Å². The highest BCUT2D eigenvalue weighted by Crippen LogP contribution is 2.09. The predicted octanol–water partition coefficient (Wildman–Crippen LogP) is 4.14. The zero-order valence-electron chi connectivity index (χ0n) is 9.51. The largest absolute Gasteiger partial charge is 0.391 e. The van der Waals surface area contributed by atoms with Crippen LogP contribution in [0.15, 0.2) is 58.2 Å². The third kappa shape index (κ3) is 3.96. The molecule has 2 rings (SSSR count). The summed E-state index contributed by atoms with van der Waals surface area (Å²) in [5, 5.41) is 3.85. The van der Waals surface area contributed by atoms with Gasteiger partial charge in [0.15, 0.2) is 0 Å². The Morgan fingerprint density at radius 1 is 1.06 bits per heavy atom. The van der Waals surface area contributed by atoms with Crippen molar-refractivity contribution in [2.75, 3.05) is 0 Å². The molecule has 0 aromatic heterocycles. The van der Waals surface area contributed by atoms with Gasteiger partial charge in [-0.1, -0.05) is 45.4 Å². The standard InChI is InChI=1S/C14H11BrFNO/c15-13-5-1-11(2-6-13)9-17-18-10-12-3-7-14(16)8-4-12/h1-9H,10H2. The van der Waals surface area contributed by atoms with Crippen LogP contribution >= 0.6 is 15.9 Å². The van der Waals surface area contributed by atoms with Gasteiger partial charge >= 0.3 is 0 Å². The lowest BCUT2D eigenvalue weighted by Crippen LogP contribution is -1.88. The van der Waals surface area contributed by atoms with Crippen LogP contribution < -0.4 is 0 Å². The average molecular weight is 308 g/mol. The number of halogens is 2. The Kier molecular flexibility index (Phi) is 4.47. The second-order valence-corrected chi connectivity index (χ2v) is 4.60. The van der Waals surface area contributed by atoms with Gasteiger partial charge in [-0.3, -0.25) is 0 Å². The maximum absolute atomic E-state index is 12.7. The van der Waals surface area contributed by atoms with Crippen LogP contribution in [0.4, 0.5) is 4.39 Å². The van der Waals surface area contributed by atoms with E-state index in [0.29, 0.717) is 6.61 Å². The Labute approximate surface area is 113 Å². The van der Waals surface area contributed by atoms with Crippen LogP contribution in [-0.2, 0) is 11.4 Å². The Balaban J connectivity index is 1.84. The summed E-state index contributed by atoms with van der Waals surface area (Å²) in [5.41, 5.74) is 1.83. The molecule has 0 aliphatic heterocycles. The van der Waals surface area contributed by atoms with Crippen LogP contribution in [0.25, 0.3) is 0 Å². The second-order valence-electron chi connectivity index (χ2n) is 3.69. The van der Waals surface area contributed by atoms with Gasteiger partial charge in [-0.25, -0.2) is 4.39 Å². The van der Waals surface area contributed by atoms with Crippen LogP contribution in [0.1, 0.15) is 11.1 Å². The van der Waals surface area contributed by atoms with E-state index >= 15 is 0 Å². The molecular formula is C14H11BrFNO. The molecule has 2 nitrogen and oxygen atoms in total. The fraction of sp³-hybridized carbons (Fsp3) is 0.0714. The van der Waals surface area contributed by atoms with E-state index in [1.807, 2.05) is 24.3 Å². The SMILES string of the molecule is Fc1ccc(CON=Cc2ccc(Br)cc2)cc1. The van der Waals surface area contributed by atoms with Crippen molar-refractivity contribution in [2.45, 2.75) is 6.61 Å². The third-order valence-electron chi connectivity index (χ3n) is 2.29. The summed E-state index contributed by atoms with van der Waals surface area (Å²) < 4.78 is 13.7. The smallest absolute Gasteiger partial charge is 0.142 e. The van der Waals surface area contributed by atoms with Gasteiger partial charge in [-0.05, 0) is 35.4 Å². The molecule has 2 aromatic rings. The number of oxime groups is 1. The summed E-state index contributed by atoms with van der Waals surface area (Å²) in [6.07, 6.45) is 1.63. The van der Waals surface area contributed by atoms with Gasteiger partial charge in [0.25, 0.3) is 0 Å². The molecule has 18 heavy (non-hydrogen) atoms. The average Bonchev–Trinajstić information content (AvgIpc) is 2.39. The molecule has 0 saturated heterocycles. The van der Waals surface area contributed by atoms with E-state index < -0.39 is 0 Å². The minimum atomic E-state index is -0.253. The summed E-state index contributed by atoms with van der Waals surface area (Å²) in [7, 11) is 0. The van der Waals surface area contributed by atoms with E-state index in [1.165, 1.54) is 12.1 Å². The van der Waals surface area contributed by atoms with Crippen LogP contribution in [-0.4, -0.2) is 6.21 Å². The van der Waals surface area contributed by atoms with Crippen molar-refractivity contribution in [1.82, 2.24) is 0 Å². The molecule has 0 unspecified atom stereocenters. The first-order valence-corrected chi connectivity index (χ1v) is 6.19. The van der Waals surface area contributed by atoms with Crippen molar-refractivity contribution in [3.63, 3.8) is 0 Å². The molecule has 2 aromatic carbocycles. The fourth-order valence-corrected chi connectivity index (χ4v) is 1.60. The molecule has 0 fully saturated rings. The molecular weight excluding hydrogens is 297 g/mol. The first kappa shape index (κ1) is 12.8. The van der Waals surface area contributed by atoms with Gasteiger partial charge in [0, 0.05) is 4.47 Å². The highest BCUT2D eigenvalue weighted by molar-refractivity contribution is 9.10. The molecule has 0 amide bonds. The summed E-state index contributed by atoms with van der Waals surface area (Å²) in [5.74, 6) is -0.253. The van der Waals surface area contributed by atoms with Crippen molar-refractivity contribution in [3.05, 3.63) is 69.9 Å².